The van der Waals surface area contributed by atoms with Gasteiger partial charge in [-0.2, -0.15) is 4.98 Å². The minimum absolute atomic E-state index is 0.121. The lowest BCUT2D eigenvalue weighted by molar-refractivity contribution is -0.122. The normalized spacial score (nSPS) is 11.9. The zero-order chi connectivity index (χ0) is 16.9. The van der Waals surface area contributed by atoms with Gasteiger partial charge in [-0.3, -0.25) is 4.79 Å². The van der Waals surface area contributed by atoms with Gasteiger partial charge >= 0.3 is 0 Å². The standard InChI is InChI=1S/C17H17N3O4/c1-11(12-5-7-13(22-2)8-6-12)16(21)18-10-15-19-17(24-20-15)14-4-3-9-23-14/h3-9,11H,10H2,1-2H3,(H,18,21)/t11-/m0/s1. The van der Waals surface area contributed by atoms with Crippen LogP contribution in [0.2, 0.25) is 0 Å². The summed E-state index contributed by atoms with van der Waals surface area (Å²) in [5.74, 6) is 1.50. The number of hydrogen-bond donors (Lipinski definition) is 1. The van der Waals surface area contributed by atoms with Crippen LogP contribution in [0.4, 0.5) is 0 Å². The summed E-state index contributed by atoms with van der Waals surface area (Å²) >= 11 is 0. The topological polar surface area (TPSA) is 90.4 Å². The lowest BCUT2D eigenvalue weighted by Gasteiger charge is -2.12. The molecule has 1 N–H and O–H groups in total. The van der Waals surface area contributed by atoms with E-state index in [2.05, 4.69) is 15.5 Å². The van der Waals surface area contributed by atoms with Crippen LogP contribution in [0.15, 0.2) is 51.6 Å². The van der Waals surface area contributed by atoms with Gasteiger partial charge in [0.2, 0.25) is 5.91 Å². The Morgan fingerprint density at radius 1 is 1.29 bits per heavy atom. The maximum absolute atomic E-state index is 12.3. The number of carbonyl (C=O) groups excluding carboxylic acids is 1. The Bertz CT molecular complexity index is 794. The number of aromatic nitrogens is 2. The summed E-state index contributed by atoms with van der Waals surface area (Å²) in [6, 6.07) is 10.8. The molecule has 7 heteroatoms. The number of rotatable bonds is 6. The van der Waals surface area contributed by atoms with E-state index in [-0.39, 0.29) is 24.3 Å². The molecule has 0 radical (unpaired) electrons. The van der Waals surface area contributed by atoms with Crippen molar-refractivity contribution in [1.82, 2.24) is 15.5 Å². The third-order valence-electron chi connectivity index (χ3n) is 3.63. The van der Waals surface area contributed by atoms with Gasteiger partial charge in [0.1, 0.15) is 5.75 Å². The molecule has 0 aliphatic rings. The number of amides is 1. The SMILES string of the molecule is COc1ccc([C@H](C)C(=O)NCc2noc(-c3ccco3)n2)cc1. The first-order valence-corrected chi connectivity index (χ1v) is 7.45. The third-order valence-corrected chi connectivity index (χ3v) is 3.63. The van der Waals surface area contributed by atoms with Crippen molar-refractivity contribution in [1.29, 1.82) is 0 Å². The highest BCUT2D eigenvalue weighted by Crippen LogP contribution is 2.20. The summed E-state index contributed by atoms with van der Waals surface area (Å²) < 4.78 is 15.4. The quantitative estimate of drug-likeness (QED) is 0.748. The Morgan fingerprint density at radius 3 is 2.75 bits per heavy atom. The van der Waals surface area contributed by atoms with E-state index >= 15 is 0 Å². The summed E-state index contributed by atoms with van der Waals surface area (Å²) in [6.45, 7) is 2.02. The summed E-state index contributed by atoms with van der Waals surface area (Å²) in [5.41, 5.74) is 0.901. The van der Waals surface area contributed by atoms with Gasteiger partial charge in [-0.15, -0.1) is 0 Å². The Labute approximate surface area is 138 Å². The number of ether oxygens (including phenoxy) is 1. The van der Waals surface area contributed by atoms with Crippen molar-refractivity contribution in [2.45, 2.75) is 19.4 Å². The Hall–Kier alpha value is -3.09. The Kier molecular flexibility index (Phi) is 4.60. The highest BCUT2D eigenvalue weighted by atomic mass is 16.5. The molecule has 2 heterocycles. The zero-order valence-electron chi connectivity index (χ0n) is 13.4. The van der Waals surface area contributed by atoms with Gasteiger partial charge < -0.3 is 19.0 Å². The van der Waals surface area contributed by atoms with Crippen LogP contribution in [-0.4, -0.2) is 23.2 Å². The first kappa shape index (κ1) is 15.8. The molecule has 1 aromatic carbocycles. The van der Waals surface area contributed by atoms with E-state index in [9.17, 15) is 4.79 Å². The van der Waals surface area contributed by atoms with Crippen molar-refractivity contribution in [3.8, 4) is 17.4 Å². The van der Waals surface area contributed by atoms with Crippen molar-refractivity contribution in [3.05, 3.63) is 54.0 Å². The highest BCUT2D eigenvalue weighted by Gasteiger charge is 2.17. The minimum Gasteiger partial charge on any atom is -0.497 e. The van der Waals surface area contributed by atoms with Gasteiger partial charge in [-0.05, 0) is 36.8 Å². The molecule has 0 aliphatic heterocycles. The highest BCUT2D eigenvalue weighted by molar-refractivity contribution is 5.83. The van der Waals surface area contributed by atoms with Crippen LogP contribution in [0.5, 0.6) is 5.75 Å². The zero-order valence-corrected chi connectivity index (χ0v) is 13.4. The lowest BCUT2D eigenvalue weighted by atomic mass is 10.0. The molecule has 2 aromatic heterocycles. The number of hydrogen-bond acceptors (Lipinski definition) is 6. The van der Waals surface area contributed by atoms with Gasteiger partial charge in [-0.25, -0.2) is 0 Å². The van der Waals surface area contributed by atoms with Crippen LogP contribution >= 0.6 is 0 Å². The average Bonchev–Trinajstić information content (AvgIpc) is 3.30. The number of carbonyl (C=O) groups is 1. The maximum atomic E-state index is 12.3. The van der Waals surface area contributed by atoms with E-state index in [0.717, 1.165) is 11.3 Å². The number of nitrogens with zero attached hydrogens (tertiary/aromatic N) is 2. The second-order valence-electron chi connectivity index (χ2n) is 5.21. The molecule has 1 atom stereocenters. The van der Waals surface area contributed by atoms with E-state index in [1.807, 2.05) is 31.2 Å². The fourth-order valence-corrected chi connectivity index (χ4v) is 2.19. The smallest absolute Gasteiger partial charge is 0.293 e. The van der Waals surface area contributed by atoms with Crippen molar-refractivity contribution in [2.75, 3.05) is 7.11 Å². The molecular weight excluding hydrogens is 310 g/mol. The monoisotopic (exact) mass is 327 g/mol. The van der Waals surface area contributed by atoms with E-state index in [4.69, 9.17) is 13.7 Å². The van der Waals surface area contributed by atoms with Crippen LogP contribution < -0.4 is 10.1 Å². The van der Waals surface area contributed by atoms with Crippen molar-refractivity contribution in [3.63, 3.8) is 0 Å². The molecule has 24 heavy (non-hydrogen) atoms. The number of methoxy groups -OCH3 is 1. The molecule has 0 bridgehead atoms. The second kappa shape index (κ2) is 6.99. The van der Waals surface area contributed by atoms with Crippen molar-refractivity contribution < 1.29 is 18.5 Å². The molecule has 3 aromatic rings. The molecule has 0 unspecified atom stereocenters. The van der Waals surface area contributed by atoms with Gasteiger partial charge in [-0.1, -0.05) is 17.3 Å². The third kappa shape index (κ3) is 3.45. The van der Waals surface area contributed by atoms with Crippen molar-refractivity contribution >= 4 is 5.91 Å². The predicted molar refractivity (Wildman–Crippen MR) is 85.3 cm³/mol. The van der Waals surface area contributed by atoms with Crippen LogP contribution in [-0.2, 0) is 11.3 Å². The summed E-state index contributed by atoms with van der Waals surface area (Å²) in [6.07, 6.45) is 1.53. The number of benzene rings is 1. The van der Waals surface area contributed by atoms with E-state index in [0.29, 0.717) is 11.6 Å². The van der Waals surface area contributed by atoms with Gasteiger partial charge in [0.25, 0.3) is 5.89 Å². The average molecular weight is 327 g/mol. The molecule has 3 rings (SSSR count). The molecule has 0 aliphatic carbocycles. The molecular formula is C17H17N3O4. The molecule has 7 nitrogen and oxygen atoms in total. The molecule has 0 fully saturated rings. The van der Waals surface area contributed by atoms with Crippen LogP contribution in [0.3, 0.4) is 0 Å². The van der Waals surface area contributed by atoms with E-state index in [1.165, 1.54) is 6.26 Å². The first-order valence-electron chi connectivity index (χ1n) is 7.45. The van der Waals surface area contributed by atoms with E-state index < -0.39 is 0 Å². The summed E-state index contributed by atoms with van der Waals surface area (Å²) in [4.78, 5) is 16.4. The Balaban J connectivity index is 1.58. The van der Waals surface area contributed by atoms with Crippen LogP contribution in [0, 0.1) is 0 Å². The fourth-order valence-electron chi connectivity index (χ4n) is 2.19. The molecule has 1 amide bonds. The van der Waals surface area contributed by atoms with Gasteiger partial charge in [0, 0.05) is 0 Å². The summed E-state index contributed by atoms with van der Waals surface area (Å²) in [7, 11) is 1.60. The van der Waals surface area contributed by atoms with E-state index in [1.54, 1.807) is 19.2 Å². The predicted octanol–water partition coefficient (Wildman–Crippen LogP) is 2.76. The molecule has 124 valence electrons. The largest absolute Gasteiger partial charge is 0.497 e. The Morgan fingerprint density at radius 2 is 2.08 bits per heavy atom. The summed E-state index contributed by atoms with van der Waals surface area (Å²) in [5, 5.41) is 6.62. The van der Waals surface area contributed by atoms with Crippen LogP contribution in [0.1, 0.15) is 24.2 Å². The first-order chi connectivity index (χ1) is 11.7. The number of nitrogens with one attached hydrogen (secondary N) is 1. The van der Waals surface area contributed by atoms with Crippen molar-refractivity contribution in [2.24, 2.45) is 0 Å². The van der Waals surface area contributed by atoms with Gasteiger partial charge in [0.15, 0.2) is 11.6 Å². The molecule has 0 saturated carbocycles. The molecule has 0 saturated heterocycles. The fraction of sp³-hybridized carbons (Fsp3) is 0.235. The minimum atomic E-state index is -0.299. The van der Waals surface area contributed by atoms with Gasteiger partial charge in [0.05, 0.1) is 25.8 Å². The number of furan rings is 1. The van der Waals surface area contributed by atoms with Crippen LogP contribution in [0.25, 0.3) is 11.7 Å². The second-order valence-corrected chi connectivity index (χ2v) is 5.21. The molecule has 0 spiro atoms. The lowest BCUT2D eigenvalue weighted by Crippen LogP contribution is -2.27. The maximum Gasteiger partial charge on any atom is 0.293 e.